The molecule has 0 unspecified atom stereocenters. The number of benzene rings is 8. The quantitative estimate of drug-likeness (QED) is 0.180. The summed E-state index contributed by atoms with van der Waals surface area (Å²) >= 11 is 1.86. The highest BCUT2D eigenvalue weighted by Gasteiger charge is 2.45. The lowest BCUT2D eigenvalue weighted by molar-refractivity contribution is 0.669. The van der Waals surface area contributed by atoms with Crippen LogP contribution in [0.25, 0.3) is 53.2 Å². The molecule has 2 nitrogen and oxygen atoms in total. The Morgan fingerprint density at radius 3 is 1.73 bits per heavy atom. The Labute approximate surface area is 305 Å². The zero-order valence-corrected chi connectivity index (χ0v) is 29.0. The van der Waals surface area contributed by atoms with Crippen molar-refractivity contribution in [2.45, 2.75) is 5.41 Å². The van der Waals surface area contributed by atoms with Crippen molar-refractivity contribution in [3.05, 3.63) is 210 Å². The van der Waals surface area contributed by atoms with E-state index in [1.807, 2.05) is 23.5 Å². The van der Waals surface area contributed by atoms with Gasteiger partial charge in [0.25, 0.3) is 0 Å². The first-order valence-electron chi connectivity index (χ1n) is 17.8. The maximum atomic E-state index is 6.36. The average molecular weight is 682 g/mol. The third-order valence-electron chi connectivity index (χ3n) is 10.9. The minimum atomic E-state index is -0.438. The molecule has 0 amide bonds. The van der Waals surface area contributed by atoms with E-state index >= 15 is 0 Å². The predicted octanol–water partition coefficient (Wildman–Crippen LogP) is 13.8. The molecule has 0 aliphatic heterocycles. The number of anilines is 3. The van der Waals surface area contributed by atoms with Gasteiger partial charge in [-0.05, 0) is 94.0 Å². The van der Waals surface area contributed by atoms with Crippen LogP contribution >= 0.6 is 11.3 Å². The monoisotopic (exact) mass is 681 g/mol. The summed E-state index contributed by atoms with van der Waals surface area (Å²) in [6, 6.07) is 68.5. The lowest BCUT2D eigenvalue weighted by Gasteiger charge is -2.34. The summed E-state index contributed by atoms with van der Waals surface area (Å²) in [5, 5.41) is 4.80. The van der Waals surface area contributed by atoms with Crippen molar-refractivity contribution in [3.63, 3.8) is 0 Å². The van der Waals surface area contributed by atoms with Crippen LogP contribution in [0.4, 0.5) is 17.1 Å². The molecule has 0 fully saturated rings. The Kier molecular flexibility index (Phi) is 6.37. The summed E-state index contributed by atoms with van der Waals surface area (Å²) < 4.78 is 8.92. The van der Waals surface area contributed by atoms with Crippen LogP contribution in [0, 0.1) is 0 Å². The lowest BCUT2D eigenvalue weighted by Crippen LogP contribution is -2.28. The van der Waals surface area contributed by atoms with Gasteiger partial charge in [-0.1, -0.05) is 121 Å². The van der Waals surface area contributed by atoms with Crippen molar-refractivity contribution in [3.8, 4) is 11.1 Å². The van der Waals surface area contributed by atoms with Crippen molar-refractivity contribution in [2.75, 3.05) is 4.90 Å². The molecule has 2 aromatic heterocycles. The molecule has 0 saturated carbocycles. The van der Waals surface area contributed by atoms with E-state index < -0.39 is 5.41 Å². The second kappa shape index (κ2) is 11.3. The summed E-state index contributed by atoms with van der Waals surface area (Å²) in [7, 11) is 0. The first-order chi connectivity index (χ1) is 25.8. The van der Waals surface area contributed by atoms with Crippen LogP contribution < -0.4 is 4.90 Å². The topological polar surface area (TPSA) is 16.4 Å². The number of hydrogen-bond acceptors (Lipinski definition) is 3. The van der Waals surface area contributed by atoms with Gasteiger partial charge in [0, 0.05) is 54.1 Å². The van der Waals surface area contributed by atoms with E-state index in [2.05, 4.69) is 181 Å². The normalized spacial score (nSPS) is 13.2. The number of thiophene rings is 1. The Balaban J connectivity index is 1.14. The Bertz CT molecular complexity index is 2930. The third kappa shape index (κ3) is 4.17. The lowest BCUT2D eigenvalue weighted by atomic mass is 9.67. The van der Waals surface area contributed by atoms with E-state index in [4.69, 9.17) is 4.42 Å². The minimum Gasteiger partial charge on any atom is -0.456 e. The second-order valence-electron chi connectivity index (χ2n) is 13.7. The smallest absolute Gasteiger partial charge is 0.137 e. The number of para-hydroxylation sites is 2. The predicted molar refractivity (Wildman–Crippen MR) is 219 cm³/mol. The fourth-order valence-electron chi connectivity index (χ4n) is 8.73. The summed E-state index contributed by atoms with van der Waals surface area (Å²) in [5.74, 6) is 0. The number of rotatable bonds is 5. The first-order valence-corrected chi connectivity index (χ1v) is 18.6. The molecule has 1 aliphatic rings. The van der Waals surface area contributed by atoms with Gasteiger partial charge in [-0.2, -0.15) is 0 Å². The van der Waals surface area contributed by atoms with Crippen molar-refractivity contribution >= 4 is 70.5 Å². The van der Waals surface area contributed by atoms with Gasteiger partial charge in [0.15, 0.2) is 0 Å². The Hall–Kier alpha value is -6.42. The Morgan fingerprint density at radius 1 is 0.385 bits per heavy atom. The van der Waals surface area contributed by atoms with Gasteiger partial charge in [0.1, 0.15) is 11.2 Å². The van der Waals surface area contributed by atoms with Crippen molar-refractivity contribution in [2.24, 2.45) is 0 Å². The molecule has 0 N–H and O–H groups in total. The summed E-state index contributed by atoms with van der Waals surface area (Å²) in [4.78, 5) is 2.34. The molecule has 0 radical (unpaired) electrons. The van der Waals surface area contributed by atoms with Crippen molar-refractivity contribution < 1.29 is 4.42 Å². The summed E-state index contributed by atoms with van der Waals surface area (Å²) in [6.45, 7) is 0. The van der Waals surface area contributed by atoms with E-state index in [1.165, 1.54) is 53.6 Å². The molecule has 3 heteroatoms. The van der Waals surface area contributed by atoms with Gasteiger partial charge in [0.2, 0.25) is 0 Å². The zero-order valence-electron chi connectivity index (χ0n) is 28.2. The minimum absolute atomic E-state index is 0.438. The number of nitrogens with zero attached hydrogens (tertiary/aromatic N) is 1. The molecule has 10 aromatic rings. The van der Waals surface area contributed by atoms with Crippen LogP contribution in [0.3, 0.4) is 0 Å². The van der Waals surface area contributed by atoms with Crippen LogP contribution in [0.5, 0.6) is 0 Å². The van der Waals surface area contributed by atoms with Gasteiger partial charge in [0.05, 0.1) is 5.41 Å². The SMILES string of the molecule is c1ccc(N(c2ccc3c(c2)oc2ccccc23)c2ccc3sc4ccc(C5(c6ccccc6)c6ccccc6-c6ccccc65)cc4c3c2)cc1. The standard InChI is InChI=1S/C49H31NOS/c1-3-13-32(14-4-1)49(43-20-10-7-17-37(43)38-18-8-11-21-44(38)49)33-23-27-47-41(29-33)42-30-35(25-28-48(42)52-47)50(34-15-5-2-6-16-34)36-24-26-40-39-19-9-12-22-45(39)51-46(40)31-36/h1-31H. The third-order valence-corrected chi connectivity index (χ3v) is 12.1. The highest BCUT2D eigenvalue weighted by Crippen LogP contribution is 2.56. The zero-order chi connectivity index (χ0) is 34.2. The molecule has 244 valence electrons. The molecule has 8 aromatic carbocycles. The molecule has 52 heavy (non-hydrogen) atoms. The van der Waals surface area contributed by atoms with Gasteiger partial charge < -0.3 is 9.32 Å². The van der Waals surface area contributed by atoms with Crippen LogP contribution in [0.1, 0.15) is 22.3 Å². The molecule has 0 saturated heterocycles. The summed E-state index contributed by atoms with van der Waals surface area (Å²) in [5.41, 5.74) is 12.4. The fourth-order valence-corrected chi connectivity index (χ4v) is 9.79. The van der Waals surface area contributed by atoms with E-state index in [1.54, 1.807) is 0 Å². The van der Waals surface area contributed by atoms with Gasteiger partial charge in [-0.15, -0.1) is 11.3 Å². The average Bonchev–Trinajstić information content (AvgIpc) is 3.86. The van der Waals surface area contributed by atoms with Crippen LogP contribution in [0.2, 0.25) is 0 Å². The number of furan rings is 1. The maximum Gasteiger partial charge on any atom is 0.137 e. The van der Waals surface area contributed by atoms with Crippen LogP contribution in [0.15, 0.2) is 192 Å². The highest BCUT2D eigenvalue weighted by molar-refractivity contribution is 7.25. The summed E-state index contributed by atoms with van der Waals surface area (Å²) in [6.07, 6.45) is 0. The molecular formula is C49H31NOS. The molecule has 0 bridgehead atoms. The first kappa shape index (κ1) is 29.3. The Morgan fingerprint density at radius 2 is 0.962 bits per heavy atom. The molecule has 1 aliphatic carbocycles. The molecule has 11 rings (SSSR count). The van der Waals surface area contributed by atoms with E-state index in [-0.39, 0.29) is 0 Å². The van der Waals surface area contributed by atoms with E-state index in [0.717, 1.165) is 39.0 Å². The van der Waals surface area contributed by atoms with Gasteiger partial charge in [-0.3, -0.25) is 0 Å². The maximum absolute atomic E-state index is 6.36. The highest BCUT2D eigenvalue weighted by atomic mass is 32.1. The van der Waals surface area contributed by atoms with E-state index in [0.29, 0.717) is 0 Å². The number of hydrogen-bond donors (Lipinski definition) is 0. The van der Waals surface area contributed by atoms with Crippen LogP contribution in [-0.4, -0.2) is 0 Å². The molecule has 0 atom stereocenters. The molecule has 2 heterocycles. The molecule has 0 spiro atoms. The van der Waals surface area contributed by atoms with Crippen LogP contribution in [-0.2, 0) is 5.41 Å². The fraction of sp³-hybridized carbons (Fsp3) is 0.0204. The number of fused-ring (bicyclic) bond motifs is 9. The molecular weight excluding hydrogens is 651 g/mol. The van der Waals surface area contributed by atoms with Gasteiger partial charge in [-0.25, -0.2) is 0 Å². The second-order valence-corrected chi connectivity index (χ2v) is 14.7. The van der Waals surface area contributed by atoms with E-state index in [9.17, 15) is 0 Å². The largest absolute Gasteiger partial charge is 0.456 e. The van der Waals surface area contributed by atoms with Crippen molar-refractivity contribution in [1.82, 2.24) is 0 Å². The van der Waals surface area contributed by atoms with Gasteiger partial charge >= 0.3 is 0 Å². The van der Waals surface area contributed by atoms with Crippen molar-refractivity contribution in [1.29, 1.82) is 0 Å².